The van der Waals surface area contributed by atoms with Crippen LogP contribution in [-0.4, -0.2) is 54.2 Å². The zero-order valence-corrected chi connectivity index (χ0v) is 12.7. The van der Waals surface area contributed by atoms with Crippen molar-refractivity contribution in [3.8, 4) is 5.75 Å². The van der Waals surface area contributed by atoms with Gasteiger partial charge in [0.2, 0.25) is 5.91 Å². The number of carbonyl (C=O) groups is 2. The highest BCUT2D eigenvalue weighted by Crippen LogP contribution is 2.16. The number of aliphatic hydroxyl groups is 1. The number of likely N-dealkylation sites (tertiary alicyclic amines) is 1. The van der Waals surface area contributed by atoms with Crippen LogP contribution in [0.5, 0.6) is 5.75 Å². The van der Waals surface area contributed by atoms with Crippen molar-refractivity contribution in [3.63, 3.8) is 0 Å². The number of aryl methyl sites for hydroxylation is 1. The average Bonchev–Trinajstić information content (AvgIpc) is 2.91. The van der Waals surface area contributed by atoms with Crippen LogP contribution in [-0.2, 0) is 9.59 Å². The second kappa shape index (κ2) is 7.79. The van der Waals surface area contributed by atoms with Gasteiger partial charge >= 0.3 is 0 Å². The Bertz CT molecular complexity index is 533. The molecule has 1 aromatic carbocycles. The molecule has 0 saturated carbocycles. The third-order valence-corrected chi connectivity index (χ3v) is 3.65. The van der Waals surface area contributed by atoms with E-state index in [1.165, 1.54) is 0 Å². The molecule has 1 heterocycles. The third kappa shape index (κ3) is 4.46. The van der Waals surface area contributed by atoms with Crippen LogP contribution in [0.3, 0.4) is 0 Å². The van der Waals surface area contributed by atoms with Crippen LogP contribution < -0.4 is 10.1 Å². The number of nitrogens with zero attached hydrogens (tertiary/aromatic N) is 1. The maximum absolute atomic E-state index is 11.8. The Labute approximate surface area is 130 Å². The van der Waals surface area contributed by atoms with Crippen molar-refractivity contribution in [2.24, 2.45) is 0 Å². The number of para-hydroxylation sites is 1. The molecular formula is C16H22N2O4. The molecule has 2 N–H and O–H groups in total. The molecule has 120 valence electrons. The molecule has 2 rings (SSSR count). The van der Waals surface area contributed by atoms with Gasteiger partial charge in [0.1, 0.15) is 12.4 Å². The van der Waals surface area contributed by atoms with E-state index in [-0.39, 0.29) is 12.5 Å². The van der Waals surface area contributed by atoms with Crippen LogP contribution in [0.2, 0.25) is 0 Å². The van der Waals surface area contributed by atoms with Crippen LogP contribution in [0.15, 0.2) is 24.3 Å². The van der Waals surface area contributed by atoms with Gasteiger partial charge in [0.15, 0.2) is 6.10 Å². The van der Waals surface area contributed by atoms with Gasteiger partial charge < -0.3 is 20.1 Å². The summed E-state index contributed by atoms with van der Waals surface area (Å²) in [6.45, 7) is 3.36. The van der Waals surface area contributed by atoms with Crippen LogP contribution in [0.1, 0.15) is 18.4 Å². The summed E-state index contributed by atoms with van der Waals surface area (Å²) in [7, 11) is 0. The predicted octanol–water partition coefficient (Wildman–Crippen LogP) is 0.473. The van der Waals surface area contributed by atoms with Gasteiger partial charge in [-0.15, -0.1) is 0 Å². The molecule has 0 aromatic heterocycles. The molecule has 22 heavy (non-hydrogen) atoms. The molecule has 1 atom stereocenters. The Kier molecular flexibility index (Phi) is 5.77. The molecule has 6 nitrogen and oxygen atoms in total. The van der Waals surface area contributed by atoms with Crippen LogP contribution in [0.25, 0.3) is 0 Å². The van der Waals surface area contributed by atoms with E-state index < -0.39 is 12.0 Å². The van der Waals surface area contributed by atoms with Gasteiger partial charge in [-0.3, -0.25) is 9.59 Å². The fourth-order valence-corrected chi connectivity index (χ4v) is 2.34. The average molecular weight is 306 g/mol. The summed E-state index contributed by atoms with van der Waals surface area (Å²) < 4.78 is 5.44. The van der Waals surface area contributed by atoms with Crippen LogP contribution in [0, 0.1) is 6.92 Å². The van der Waals surface area contributed by atoms with E-state index in [0.29, 0.717) is 25.3 Å². The Balaban J connectivity index is 1.68. The number of hydrogen-bond donors (Lipinski definition) is 2. The van der Waals surface area contributed by atoms with E-state index in [1.807, 2.05) is 25.1 Å². The first-order chi connectivity index (χ1) is 10.6. The maximum atomic E-state index is 11.8. The lowest BCUT2D eigenvalue weighted by molar-refractivity contribution is -0.132. The first-order valence-corrected chi connectivity index (χ1v) is 7.50. The van der Waals surface area contributed by atoms with Crippen molar-refractivity contribution >= 4 is 11.8 Å². The monoisotopic (exact) mass is 306 g/mol. The summed E-state index contributed by atoms with van der Waals surface area (Å²) in [5, 5.41) is 12.4. The van der Waals surface area contributed by atoms with Crippen LogP contribution >= 0.6 is 0 Å². The number of amides is 2. The van der Waals surface area contributed by atoms with E-state index in [2.05, 4.69) is 5.32 Å². The lowest BCUT2D eigenvalue weighted by atomic mass is 10.2. The lowest BCUT2D eigenvalue weighted by Crippen LogP contribution is -2.42. The zero-order valence-electron chi connectivity index (χ0n) is 12.7. The van der Waals surface area contributed by atoms with E-state index in [0.717, 1.165) is 18.5 Å². The molecule has 1 saturated heterocycles. The van der Waals surface area contributed by atoms with Gasteiger partial charge in [-0.2, -0.15) is 0 Å². The fourth-order valence-electron chi connectivity index (χ4n) is 2.34. The van der Waals surface area contributed by atoms with Crippen molar-refractivity contribution in [3.05, 3.63) is 29.8 Å². The van der Waals surface area contributed by atoms with Gasteiger partial charge in [0.05, 0.1) is 0 Å². The minimum atomic E-state index is -1.23. The fraction of sp³-hybridized carbons (Fsp3) is 0.500. The Morgan fingerprint density at radius 2 is 2.23 bits per heavy atom. The molecule has 2 amide bonds. The van der Waals surface area contributed by atoms with E-state index >= 15 is 0 Å². The molecular weight excluding hydrogens is 284 g/mol. The van der Waals surface area contributed by atoms with Crippen molar-refractivity contribution < 1.29 is 19.4 Å². The highest BCUT2D eigenvalue weighted by molar-refractivity contribution is 5.81. The number of benzene rings is 1. The summed E-state index contributed by atoms with van der Waals surface area (Å²) in [6.07, 6.45) is 0.231. The van der Waals surface area contributed by atoms with Gasteiger partial charge in [0.25, 0.3) is 5.91 Å². The van der Waals surface area contributed by atoms with E-state index in [9.17, 15) is 14.7 Å². The molecule has 0 aliphatic carbocycles. The van der Waals surface area contributed by atoms with Crippen molar-refractivity contribution in [1.29, 1.82) is 0 Å². The number of hydrogen-bond acceptors (Lipinski definition) is 4. The maximum Gasteiger partial charge on any atom is 0.252 e. The van der Waals surface area contributed by atoms with Gasteiger partial charge in [-0.1, -0.05) is 18.2 Å². The minimum Gasteiger partial charge on any atom is -0.490 e. The number of ether oxygens (including phenoxy) is 1. The lowest BCUT2D eigenvalue weighted by Gasteiger charge is -2.17. The standard InChI is InChI=1S/C16H22N2O4/c1-12-5-2-3-6-14(12)22-11-13(19)16(21)17-8-10-18-9-4-7-15(18)20/h2-3,5-6,13,19H,4,7-11H2,1H3,(H,17,21)/t13-/m1/s1. The first-order valence-electron chi connectivity index (χ1n) is 7.50. The Morgan fingerprint density at radius 1 is 1.45 bits per heavy atom. The molecule has 0 unspecified atom stereocenters. The minimum absolute atomic E-state index is 0.0979. The third-order valence-electron chi connectivity index (χ3n) is 3.65. The summed E-state index contributed by atoms with van der Waals surface area (Å²) in [5.41, 5.74) is 0.947. The summed E-state index contributed by atoms with van der Waals surface area (Å²) in [4.78, 5) is 24.9. The summed E-state index contributed by atoms with van der Waals surface area (Å²) in [5.74, 6) is 0.287. The molecule has 0 radical (unpaired) electrons. The second-order valence-electron chi connectivity index (χ2n) is 5.37. The van der Waals surface area contributed by atoms with E-state index in [4.69, 9.17) is 4.74 Å². The molecule has 1 fully saturated rings. The van der Waals surface area contributed by atoms with Crippen molar-refractivity contribution in [2.75, 3.05) is 26.2 Å². The van der Waals surface area contributed by atoms with Crippen molar-refractivity contribution in [2.45, 2.75) is 25.9 Å². The molecule has 1 aliphatic rings. The summed E-state index contributed by atoms with van der Waals surface area (Å²) in [6, 6.07) is 7.42. The molecule has 1 aliphatic heterocycles. The van der Waals surface area contributed by atoms with Gasteiger partial charge in [-0.25, -0.2) is 0 Å². The number of aliphatic hydroxyl groups excluding tert-OH is 1. The van der Waals surface area contributed by atoms with Crippen molar-refractivity contribution in [1.82, 2.24) is 10.2 Å². The highest BCUT2D eigenvalue weighted by Gasteiger charge is 2.20. The van der Waals surface area contributed by atoms with Gasteiger partial charge in [0, 0.05) is 26.1 Å². The SMILES string of the molecule is Cc1ccccc1OC[C@@H](O)C(=O)NCCN1CCCC1=O. The topological polar surface area (TPSA) is 78.9 Å². The summed E-state index contributed by atoms with van der Waals surface area (Å²) >= 11 is 0. The first kappa shape index (κ1) is 16.3. The zero-order chi connectivity index (χ0) is 15.9. The smallest absolute Gasteiger partial charge is 0.252 e. The Morgan fingerprint density at radius 3 is 2.91 bits per heavy atom. The highest BCUT2D eigenvalue weighted by atomic mass is 16.5. The second-order valence-corrected chi connectivity index (χ2v) is 5.37. The quantitative estimate of drug-likeness (QED) is 0.768. The van der Waals surface area contributed by atoms with E-state index in [1.54, 1.807) is 11.0 Å². The molecule has 1 aromatic rings. The Hall–Kier alpha value is -2.08. The van der Waals surface area contributed by atoms with Gasteiger partial charge in [-0.05, 0) is 25.0 Å². The molecule has 0 spiro atoms. The van der Waals surface area contributed by atoms with Crippen LogP contribution in [0.4, 0.5) is 0 Å². The number of rotatable bonds is 7. The number of nitrogens with one attached hydrogen (secondary N) is 1. The molecule has 6 heteroatoms. The molecule has 0 bridgehead atoms. The predicted molar refractivity (Wildman–Crippen MR) is 81.5 cm³/mol. The normalized spacial score (nSPS) is 15.7. The number of carbonyl (C=O) groups excluding carboxylic acids is 2. The largest absolute Gasteiger partial charge is 0.490 e.